The molecule has 1 aromatic carbocycles. The second-order valence-electron chi connectivity index (χ2n) is 6.29. The summed E-state index contributed by atoms with van der Waals surface area (Å²) in [4.78, 5) is 16.7. The Morgan fingerprint density at radius 2 is 1.96 bits per heavy atom. The van der Waals surface area contributed by atoms with Gasteiger partial charge in [0, 0.05) is 31.4 Å². The first-order valence-electron chi connectivity index (χ1n) is 8.95. The third kappa shape index (κ3) is 4.45. The first kappa shape index (κ1) is 19.3. The van der Waals surface area contributed by atoms with E-state index >= 15 is 0 Å². The van der Waals surface area contributed by atoms with Crippen LogP contribution < -0.4 is 10.1 Å². The van der Waals surface area contributed by atoms with E-state index in [1.165, 1.54) is 22.8 Å². The van der Waals surface area contributed by atoms with E-state index < -0.39 is 10.0 Å². The van der Waals surface area contributed by atoms with Gasteiger partial charge in [-0.05, 0) is 44.0 Å². The maximum atomic E-state index is 12.6. The van der Waals surface area contributed by atoms with Crippen molar-refractivity contribution in [3.63, 3.8) is 0 Å². The number of nitrogens with zero attached hydrogens (tertiary/aromatic N) is 2. The number of ether oxygens (including phenoxy) is 1. The molecular weight excluding hydrogens is 366 g/mol. The molecular formula is C19H23N3O4S. The first-order chi connectivity index (χ1) is 13.0. The van der Waals surface area contributed by atoms with Gasteiger partial charge in [-0.2, -0.15) is 4.31 Å². The second-order valence-corrected chi connectivity index (χ2v) is 8.22. The second kappa shape index (κ2) is 8.49. The molecule has 0 radical (unpaired) electrons. The van der Waals surface area contributed by atoms with Crippen molar-refractivity contribution in [3.8, 4) is 5.75 Å². The number of nitrogens with one attached hydrogen (secondary N) is 1. The van der Waals surface area contributed by atoms with E-state index in [0.29, 0.717) is 44.0 Å². The molecule has 144 valence electrons. The Hall–Kier alpha value is -2.45. The third-order valence-electron chi connectivity index (χ3n) is 4.54. The van der Waals surface area contributed by atoms with Crippen LogP contribution in [0, 0.1) is 5.92 Å². The van der Waals surface area contributed by atoms with E-state index in [9.17, 15) is 13.2 Å². The molecule has 3 rings (SSSR count). The molecule has 0 aliphatic carbocycles. The van der Waals surface area contributed by atoms with Crippen molar-refractivity contribution in [1.29, 1.82) is 0 Å². The number of sulfonamides is 1. The predicted octanol–water partition coefficient (Wildman–Crippen LogP) is 2.52. The van der Waals surface area contributed by atoms with Crippen molar-refractivity contribution in [2.45, 2.75) is 24.7 Å². The Kier molecular flexibility index (Phi) is 6.08. The highest BCUT2D eigenvalue weighted by Gasteiger charge is 2.32. The molecule has 1 fully saturated rings. The van der Waals surface area contributed by atoms with E-state index in [-0.39, 0.29) is 16.7 Å². The molecule has 1 aliphatic rings. The zero-order chi connectivity index (χ0) is 19.3. The summed E-state index contributed by atoms with van der Waals surface area (Å²) in [6, 6.07) is 10.4. The van der Waals surface area contributed by atoms with Gasteiger partial charge in [0.1, 0.15) is 10.6 Å². The number of hydrogen-bond donors (Lipinski definition) is 1. The molecule has 1 aromatic heterocycles. The van der Waals surface area contributed by atoms with Gasteiger partial charge in [0.2, 0.25) is 15.9 Å². The van der Waals surface area contributed by atoms with Crippen molar-refractivity contribution in [2.24, 2.45) is 5.92 Å². The van der Waals surface area contributed by atoms with Crippen LogP contribution in [-0.4, -0.2) is 43.3 Å². The Labute approximate surface area is 159 Å². The number of hydrogen-bond acceptors (Lipinski definition) is 5. The summed E-state index contributed by atoms with van der Waals surface area (Å²) in [6.07, 6.45) is 3.83. The number of benzene rings is 1. The van der Waals surface area contributed by atoms with E-state index in [2.05, 4.69) is 10.3 Å². The van der Waals surface area contributed by atoms with E-state index in [1.54, 1.807) is 12.1 Å². The van der Waals surface area contributed by atoms with Crippen molar-refractivity contribution >= 4 is 21.6 Å². The van der Waals surface area contributed by atoms with E-state index in [0.717, 1.165) is 0 Å². The minimum Gasteiger partial charge on any atom is -0.492 e. The SMILES string of the molecule is CCOc1ccccc1NC(=O)C1CCN(S(=O)(=O)c2cccnc2)CC1. The lowest BCUT2D eigenvalue weighted by atomic mass is 9.97. The Morgan fingerprint density at radius 3 is 2.63 bits per heavy atom. The smallest absolute Gasteiger partial charge is 0.244 e. The molecule has 7 nitrogen and oxygen atoms in total. The van der Waals surface area contributed by atoms with Gasteiger partial charge in [-0.1, -0.05) is 12.1 Å². The highest BCUT2D eigenvalue weighted by atomic mass is 32.2. The number of para-hydroxylation sites is 2. The van der Waals surface area contributed by atoms with Crippen LogP contribution in [0.5, 0.6) is 5.75 Å². The summed E-state index contributed by atoms with van der Waals surface area (Å²) in [5.41, 5.74) is 0.634. The lowest BCUT2D eigenvalue weighted by molar-refractivity contribution is -0.120. The van der Waals surface area contributed by atoms with E-state index in [1.807, 2.05) is 25.1 Å². The molecule has 0 atom stereocenters. The maximum absolute atomic E-state index is 12.6. The molecule has 1 aliphatic heterocycles. The normalized spacial score (nSPS) is 16.0. The Balaban J connectivity index is 1.62. The summed E-state index contributed by atoms with van der Waals surface area (Å²) in [5, 5.41) is 2.91. The summed E-state index contributed by atoms with van der Waals surface area (Å²) >= 11 is 0. The number of pyridine rings is 1. The fraction of sp³-hybridized carbons (Fsp3) is 0.368. The van der Waals surface area contributed by atoms with Gasteiger partial charge in [0.15, 0.2) is 0 Å². The maximum Gasteiger partial charge on any atom is 0.244 e. The monoisotopic (exact) mass is 389 g/mol. The molecule has 8 heteroatoms. The molecule has 0 saturated carbocycles. The van der Waals surface area contributed by atoms with Crippen LogP contribution in [0.15, 0.2) is 53.7 Å². The number of carbonyl (C=O) groups excluding carboxylic acids is 1. The molecule has 0 bridgehead atoms. The number of carbonyl (C=O) groups is 1. The largest absolute Gasteiger partial charge is 0.492 e. The van der Waals surface area contributed by atoms with Gasteiger partial charge in [0.05, 0.1) is 12.3 Å². The van der Waals surface area contributed by atoms with Crippen LogP contribution >= 0.6 is 0 Å². The summed E-state index contributed by atoms with van der Waals surface area (Å²) in [5.74, 6) is 0.283. The molecule has 1 amide bonds. The van der Waals surface area contributed by atoms with Crippen molar-refractivity contribution in [1.82, 2.24) is 9.29 Å². The molecule has 0 spiro atoms. The fourth-order valence-corrected chi connectivity index (χ4v) is 4.53. The van der Waals surface area contributed by atoms with E-state index in [4.69, 9.17) is 4.74 Å². The number of anilines is 1. The average Bonchev–Trinajstić information content (AvgIpc) is 2.70. The van der Waals surface area contributed by atoms with Crippen LogP contribution in [0.4, 0.5) is 5.69 Å². The quantitative estimate of drug-likeness (QED) is 0.820. The van der Waals surface area contributed by atoms with Crippen LogP contribution in [0.2, 0.25) is 0 Å². The Bertz CT molecular complexity index is 879. The zero-order valence-electron chi connectivity index (χ0n) is 15.2. The molecule has 27 heavy (non-hydrogen) atoms. The minimum atomic E-state index is -3.56. The van der Waals surface area contributed by atoms with Gasteiger partial charge in [-0.15, -0.1) is 0 Å². The zero-order valence-corrected chi connectivity index (χ0v) is 16.0. The summed E-state index contributed by atoms with van der Waals surface area (Å²) in [7, 11) is -3.56. The summed E-state index contributed by atoms with van der Waals surface area (Å²) < 4.78 is 32.2. The Morgan fingerprint density at radius 1 is 1.22 bits per heavy atom. The van der Waals surface area contributed by atoms with Crippen LogP contribution in [0.25, 0.3) is 0 Å². The van der Waals surface area contributed by atoms with Gasteiger partial charge in [-0.3, -0.25) is 9.78 Å². The van der Waals surface area contributed by atoms with Crippen molar-refractivity contribution < 1.29 is 17.9 Å². The predicted molar refractivity (Wildman–Crippen MR) is 102 cm³/mol. The highest BCUT2D eigenvalue weighted by molar-refractivity contribution is 7.89. The lowest BCUT2D eigenvalue weighted by Crippen LogP contribution is -2.41. The fourth-order valence-electron chi connectivity index (χ4n) is 3.09. The van der Waals surface area contributed by atoms with Gasteiger partial charge < -0.3 is 10.1 Å². The molecule has 2 aromatic rings. The first-order valence-corrected chi connectivity index (χ1v) is 10.4. The standard InChI is InChI=1S/C19H23N3O4S/c1-2-26-18-8-4-3-7-17(18)21-19(23)15-9-12-22(13-10-15)27(24,25)16-6-5-11-20-14-16/h3-8,11,14-15H,2,9-10,12-13H2,1H3,(H,21,23). The van der Waals surface area contributed by atoms with Crippen LogP contribution in [-0.2, 0) is 14.8 Å². The van der Waals surface area contributed by atoms with Crippen molar-refractivity contribution in [2.75, 3.05) is 25.0 Å². The number of amides is 1. The number of aromatic nitrogens is 1. The minimum absolute atomic E-state index is 0.111. The topological polar surface area (TPSA) is 88.6 Å². The van der Waals surface area contributed by atoms with Crippen molar-refractivity contribution in [3.05, 3.63) is 48.8 Å². The van der Waals surface area contributed by atoms with Gasteiger partial charge >= 0.3 is 0 Å². The molecule has 1 N–H and O–H groups in total. The van der Waals surface area contributed by atoms with Gasteiger partial charge in [0.25, 0.3) is 0 Å². The molecule has 2 heterocycles. The molecule has 0 unspecified atom stereocenters. The average molecular weight is 389 g/mol. The lowest BCUT2D eigenvalue weighted by Gasteiger charge is -2.30. The highest BCUT2D eigenvalue weighted by Crippen LogP contribution is 2.27. The number of rotatable bonds is 6. The van der Waals surface area contributed by atoms with Crippen LogP contribution in [0.1, 0.15) is 19.8 Å². The third-order valence-corrected chi connectivity index (χ3v) is 6.42. The summed E-state index contributed by atoms with van der Waals surface area (Å²) in [6.45, 7) is 3.01. The molecule has 1 saturated heterocycles. The van der Waals surface area contributed by atoms with Crippen LogP contribution in [0.3, 0.4) is 0 Å². The van der Waals surface area contributed by atoms with Gasteiger partial charge in [-0.25, -0.2) is 8.42 Å². The number of piperidine rings is 1.